The second-order valence-electron chi connectivity index (χ2n) is 5.42. The van der Waals surface area contributed by atoms with Crippen LogP contribution in [0.5, 0.6) is 0 Å². The zero-order valence-corrected chi connectivity index (χ0v) is 15.5. The summed E-state index contributed by atoms with van der Waals surface area (Å²) in [5.41, 5.74) is 0.562. The number of hydrogen-bond acceptors (Lipinski definition) is 7. The minimum atomic E-state index is -0.693. The smallest absolute Gasteiger partial charge is 0.361 e. The molecule has 0 fully saturated rings. The van der Waals surface area contributed by atoms with Gasteiger partial charge in [-0.1, -0.05) is 12.1 Å². The van der Waals surface area contributed by atoms with Gasteiger partial charge in [0.1, 0.15) is 0 Å². The highest BCUT2D eigenvalue weighted by Crippen LogP contribution is 2.36. The summed E-state index contributed by atoms with van der Waals surface area (Å²) in [6.45, 7) is 1.82. The Kier molecular flexibility index (Phi) is 5.56. The van der Waals surface area contributed by atoms with E-state index in [0.29, 0.717) is 5.56 Å². The average molecular weight is 384 g/mol. The fraction of sp³-hybridized carbons (Fsp3) is 0.158. The molecule has 27 heavy (non-hydrogen) atoms. The molecular weight excluding hydrogens is 368 g/mol. The Morgan fingerprint density at radius 1 is 1.22 bits per heavy atom. The minimum absolute atomic E-state index is 0.0182. The molecule has 0 saturated heterocycles. The number of nitro groups is 1. The lowest BCUT2D eigenvalue weighted by Gasteiger charge is -2.02. The first kappa shape index (κ1) is 18.7. The first-order valence-corrected chi connectivity index (χ1v) is 9.33. The van der Waals surface area contributed by atoms with Gasteiger partial charge in [0.2, 0.25) is 5.89 Å². The molecule has 2 aromatic carbocycles. The van der Waals surface area contributed by atoms with E-state index in [2.05, 4.69) is 4.98 Å². The lowest BCUT2D eigenvalue weighted by Crippen LogP contribution is -2.07. The molecule has 3 rings (SSSR count). The maximum absolute atomic E-state index is 12.3. The highest BCUT2D eigenvalue weighted by Gasteiger charge is 2.28. The zero-order chi connectivity index (χ0) is 19.4. The third kappa shape index (κ3) is 3.85. The number of ether oxygens (including phenoxy) is 1. The van der Waals surface area contributed by atoms with E-state index in [0.717, 1.165) is 4.90 Å². The molecule has 1 aromatic heterocycles. The first-order valence-electron chi connectivity index (χ1n) is 8.11. The fourth-order valence-corrected chi connectivity index (χ4v) is 2.93. The molecular formula is C19H16N2O5S. The second kappa shape index (κ2) is 8.05. The zero-order valence-electron chi connectivity index (χ0n) is 14.7. The van der Waals surface area contributed by atoms with Gasteiger partial charge in [0.25, 0.3) is 5.69 Å². The molecule has 0 spiro atoms. The molecule has 7 nitrogen and oxygen atoms in total. The topological polar surface area (TPSA) is 95.5 Å². The highest BCUT2D eigenvalue weighted by atomic mass is 32.2. The van der Waals surface area contributed by atoms with Gasteiger partial charge in [0.15, 0.2) is 11.5 Å². The molecule has 1 heterocycles. The molecule has 138 valence electrons. The standard InChI is InChI=1S/C19H16N2O5S/c1-3-25-19(22)16-17(14-6-4-5-7-15(14)21(23)24)26-18(20-16)12-8-10-13(27-2)11-9-12/h4-11H,3H2,1-2H3. The quantitative estimate of drug-likeness (QED) is 0.260. The molecule has 0 saturated carbocycles. The van der Waals surface area contributed by atoms with Gasteiger partial charge in [-0.3, -0.25) is 10.1 Å². The van der Waals surface area contributed by atoms with Crippen LogP contribution in [0, 0.1) is 10.1 Å². The molecule has 0 aliphatic carbocycles. The van der Waals surface area contributed by atoms with Crippen LogP contribution in [-0.4, -0.2) is 28.7 Å². The SMILES string of the molecule is CCOC(=O)c1nc(-c2ccc(SC)cc2)oc1-c1ccccc1[N+](=O)[O-]. The van der Waals surface area contributed by atoms with Gasteiger partial charge >= 0.3 is 5.97 Å². The van der Waals surface area contributed by atoms with Crippen LogP contribution in [-0.2, 0) is 4.74 Å². The van der Waals surface area contributed by atoms with Crippen LogP contribution in [0.2, 0.25) is 0 Å². The van der Waals surface area contributed by atoms with E-state index in [-0.39, 0.29) is 35.2 Å². The van der Waals surface area contributed by atoms with E-state index < -0.39 is 10.9 Å². The first-order chi connectivity index (χ1) is 13.0. The molecule has 0 aliphatic rings. The Labute approximate surface area is 159 Å². The van der Waals surface area contributed by atoms with Crippen molar-refractivity contribution in [2.75, 3.05) is 12.9 Å². The van der Waals surface area contributed by atoms with E-state index in [1.54, 1.807) is 30.8 Å². The van der Waals surface area contributed by atoms with Crippen molar-refractivity contribution >= 4 is 23.4 Å². The number of hydrogen-bond donors (Lipinski definition) is 0. The number of rotatable bonds is 6. The van der Waals surface area contributed by atoms with Gasteiger partial charge < -0.3 is 9.15 Å². The van der Waals surface area contributed by atoms with Crippen LogP contribution in [0.1, 0.15) is 17.4 Å². The number of benzene rings is 2. The van der Waals surface area contributed by atoms with Gasteiger partial charge in [-0.05, 0) is 43.5 Å². The van der Waals surface area contributed by atoms with E-state index in [9.17, 15) is 14.9 Å². The summed E-state index contributed by atoms with van der Waals surface area (Å²) >= 11 is 1.59. The number of oxazole rings is 1. The third-order valence-corrected chi connectivity index (χ3v) is 4.52. The predicted molar refractivity (Wildman–Crippen MR) is 102 cm³/mol. The van der Waals surface area contributed by atoms with E-state index in [1.165, 1.54) is 12.1 Å². The number of nitrogens with zero attached hydrogens (tertiary/aromatic N) is 2. The van der Waals surface area contributed by atoms with Gasteiger partial charge in [-0.25, -0.2) is 9.78 Å². The van der Waals surface area contributed by atoms with Crippen molar-refractivity contribution in [1.29, 1.82) is 0 Å². The molecule has 0 N–H and O–H groups in total. The lowest BCUT2D eigenvalue weighted by molar-refractivity contribution is -0.384. The van der Waals surface area contributed by atoms with Crippen LogP contribution in [0.4, 0.5) is 5.69 Å². The molecule has 0 bridgehead atoms. The van der Waals surface area contributed by atoms with Crippen molar-refractivity contribution in [3.8, 4) is 22.8 Å². The second-order valence-corrected chi connectivity index (χ2v) is 6.30. The third-order valence-electron chi connectivity index (χ3n) is 3.78. The average Bonchev–Trinajstić information content (AvgIpc) is 3.13. The summed E-state index contributed by atoms with van der Waals surface area (Å²) in [6, 6.07) is 13.5. The number of carbonyl (C=O) groups excluding carboxylic acids is 1. The summed E-state index contributed by atoms with van der Waals surface area (Å²) in [7, 11) is 0. The highest BCUT2D eigenvalue weighted by molar-refractivity contribution is 7.98. The van der Waals surface area contributed by atoms with Gasteiger partial charge in [-0.15, -0.1) is 11.8 Å². The summed E-state index contributed by atoms with van der Waals surface area (Å²) in [5.74, 6) is -0.482. The molecule has 0 radical (unpaired) electrons. The molecule has 0 aliphatic heterocycles. The van der Waals surface area contributed by atoms with E-state index in [4.69, 9.17) is 9.15 Å². The summed E-state index contributed by atoms with van der Waals surface area (Å²) in [5, 5.41) is 11.4. The maximum Gasteiger partial charge on any atom is 0.361 e. The number of para-hydroxylation sites is 1. The number of carbonyl (C=O) groups is 1. The monoisotopic (exact) mass is 384 g/mol. The minimum Gasteiger partial charge on any atom is -0.461 e. The Morgan fingerprint density at radius 3 is 2.56 bits per heavy atom. The molecule has 8 heteroatoms. The van der Waals surface area contributed by atoms with Crippen molar-refractivity contribution in [2.45, 2.75) is 11.8 Å². The molecule has 3 aromatic rings. The van der Waals surface area contributed by atoms with Crippen molar-refractivity contribution in [2.24, 2.45) is 0 Å². The summed E-state index contributed by atoms with van der Waals surface area (Å²) in [6.07, 6.45) is 1.96. The Bertz CT molecular complexity index is 982. The van der Waals surface area contributed by atoms with Crippen molar-refractivity contribution < 1.29 is 18.9 Å². The summed E-state index contributed by atoms with van der Waals surface area (Å²) in [4.78, 5) is 28.5. The largest absolute Gasteiger partial charge is 0.461 e. The molecule has 0 amide bonds. The number of esters is 1. The summed E-state index contributed by atoms with van der Waals surface area (Å²) < 4.78 is 10.8. The van der Waals surface area contributed by atoms with Crippen LogP contribution >= 0.6 is 11.8 Å². The van der Waals surface area contributed by atoms with Crippen molar-refractivity contribution in [3.63, 3.8) is 0 Å². The Hall–Kier alpha value is -3.13. The fourth-order valence-electron chi connectivity index (χ4n) is 2.52. The van der Waals surface area contributed by atoms with Crippen LogP contribution in [0.15, 0.2) is 57.8 Å². The van der Waals surface area contributed by atoms with Gasteiger partial charge in [0.05, 0.1) is 17.1 Å². The van der Waals surface area contributed by atoms with Gasteiger partial charge in [0, 0.05) is 16.5 Å². The Morgan fingerprint density at radius 2 is 1.93 bits per heavy atom. The van der Waals surface area contributed by atoms with Crippen molar-refractivity contribution in [1.82, 2.24) is 4.98 Å². The number of aromatic nitrogens is 1. The molecule has 0 unspecified atom stereocenters. The van der Waals surface area contributed by atoms with Crippen LogP contribution in [0.3, 0.4) is 0 Å². The van der Waals surface area contributed by atoms with Crippen LogP contribution in [0.25, 0.3) is 22.8 Å². The lowest BCUT2D eigenvalue weighted by atomic mass is 10.1. The number of nitro benzene ring substituents is 1. The Balaban J connectivity index is 2.16. The van der Waals surface area contributed by atoms with Gasteiger partial charge in [-0.2, -0.15) is 0 Å². The maximum atomic E-state index is 12.3. The number of thioether (sulfide) groups is 1. The van der Waals surface area contributed by atoms with Crippen molar-refractivity contribution in [3.05, 3.63) is 64.3 Å². The predicted octanol–water partition coefficient (Wildman–Crippen LogP) is 4.82. The van der Waals surface area contributed by atoms with Crippen LogP contribution < -0.4 is 0 Å². The molecule has 0 atom stereocenters. The van der Waals surface area contributed by atoms with E-state index in [1.807, 2.05) is 30.5 Å². The van der Waals surface area contributed by atoms with E-state index >= 15 is 0 Å². The normalized spacial score (nSPS) is 10.6.